The van der Waals surface area contributed by atoms with E-state index in [1.807, 2.05) is 35.0 Å². The van der Waals surface area contributed by atoms with E-state index in [9.17, 15) is 4.79 Å². The number of benzene rings is 1. The van der Waals surface area contributed by atoms with Gasteiger partial charge >= 0.3 is 0 Å². The van der Waals surface area contributed by atoms with Gasteiger partial charge in [0.2, 0.25) is 0 Å². The van der Waals surface area contributed by atoms with E-state index in [-0.39, 0.29) is 5.56 Å². The molecule has 2 heteroatoms. The molecule has 1 aliphatic carbocycles. The van der Waals surface area contributed by atoms with Gasteiger partial charge in [0.1, 0.15) is 0 Å². The molecule has 3 rings (SSSR count). The third kappa shape index (κ3) is 1.88. The highest BCUT2D eigenvalue weighted by atomic mass is 16.1. The van der Waals surface area contributed by atoms with Gasteiger partial charge in [-0.25, -0.2) is 0 Å². The fourth-order valence-corrected chi connectivity index (χ4v) is 2.85. The Morgan fingerprint density at radius 3 is 2.59 bits per heavy atom. The number of hydrogen-bond acceptors (Lipinski definition) is 1. The summed E-state index contributed by atoms with van der Waals surface area (Å²) in [5.41, 5.74) is 0.176. The summed E-state index contributed by atoms with van der Waals surface area (Å²) < 4.78 is 1.95. The second-order valence-electron chi connectivity index (χ2n) is 4.91. The van der Waals surface area contributed by atoms with Crippen molar-refractivity contribution in [1.82, 2.24) is 4.57 Å². The molecule has 1 aromatic carbocycles. The molecule has 0 atom stereocenters. The molecule has 0 amide bonds. The van der Waals surface area contributed by atoms with E-state index in [4.69, 9.17) is 0 Å². The van der Waals surface area contributed by atoms with Crippen LogP contribution in [0.3, 0.4) is 0 Å². The predicted molar refractivity (Wildman–Crippen MR) is 70.3 cm³/mol. The number of rotatable bonds is 1. The summed E-state index contributed by atoms with van der Waals surface area (Å²) in [5.74, 6) is 0. The lowest BCUT2D eigenvalue weighted by Gasteiger charge is -2.24. The van der Waals surface area contributed by atoms with Crippen molar-refractivity contribution < 1.29 is 0 Å². The van der Waals surface area contributed by atoms with Crippen LogP contribution in [-0.2, 0) is 0 Å². The highest BCUT2D eigenvalue weighted by Gasteiger charge is 2.16. The number of fused-ring (bicyclic) bond motifs is 1. The zero-order valence-electron chi connectivity index (χ0n) is 9.93. The van der Waals surface area contributed by atoms with Crippen LogP contribution in [0, 0.1) is 0 Å². The Kier molecular flexibility index (Phi) is 2.71. The first kappa shape index (κ1) is 10.6. The van der Waals surface area contributed by atoms with Crippen molar-refractivity contribution in [3.8, 4) is 0 Å². The fourth-order valence-electron chi connectivity index (χ4n) is 2.85. The average molecular weight is 227 g/mol. The molecule has 0 aliphatic heterocycles. The highest BCUT2D eigenvalue weighted by molar-refractivity contribution is 5.81. The van der Waals surface area contributed by atoms with Crippen LogP contribution >= 0.6 is 0 Å². The van der Waals surface area contributed by atoms with Gasteiger partial charge in [0, 0.05) is 17.6 Å². The van der Waals surface area contributed by atoms with E-state index in [2.05, 4.69) is 6.07 Å². The highest BCUT2D eigenvalue weighted by Crippen LogP contribution is 2.27. The molecule has 1 heterocycles. The zero-order chi connectivity index (χ0) is 11.7. The summed E-state index contributed by atoms with van der Waals surface area (Å²) >= 11 is 0. The molecule has 17 heavy (non-hydrogen) atoms. The largest absolute Gasteiger partial charge is 0.312 e. The number of hydrogen-bond donors (Lipinski definition) is 0. The smallest absolute Gasteiger partial charge is 0.258 e. The molecule has 0 saturated heterocycles. The van der Waals surface area contributed by atoms with Crippen molar-refractivity contribution in [2.24, 2.45) is 0 Å². The van der Waals surface area contributed by atoms with E-state index in [1.165, 1.54) is 19.3 Å². The van der Waals surface area contributed by atoms with E-state index < -0.39 is 0 Å². The Balaban J connectivity index is 2.11. The monoisotopic (exact) mass is 227 g/mol. The maximum Gasteiger partial charge on any atom is 0.258 e. The molecule has 1 aromatic heterocycles. The molecule has 0 unspecified atom stereocenters. The summed E-state index contributed by atoms with van der Waals surface area (Å²) in [4.78, 5) is 12.4. The van der Waals surface area contributed by atoms with Gasteiger partial charge < -0.3 is 4.57 Å². The Morgan fingerprint density at radius 1 is 1.00 bits per heavy atom. The van der Waals surface area contributed by atoms with Crippen molar-refractivity contribution in [3.05, 3.63) is 46.9 Å². The van der Waals surface area contributed by atoms with Crippen LogP contribution in [0.4, 0.5) is 0 Å². The minimum Gasteiger partial charge on any atom is -0.312 e. The van der Waals surface area contributed by atoms with Gasteiger partial charge in [-0.1, -0.05) is 37.5 Å². The molecule has 0 bridgehead atoms. The van der Waals surface area contributed by atoms with E-state index >= 15 is 0 Å². The van der Waals surface area contributed by atoms with Gasteiger partial charge in [-0.3, -0.25) is 4.79 Å². The van der Waals surface area contributed by atoms with Crippen LogP contribution in [0.2, 0.25) is 0 Å². The minimum atomic E-state index is 0.176. The Hall–Kier alpha value is -1.57. The van der Waals surface area contributed by atoms with Crippen molar-refractivity contribution in [3.63, 3.8) is 0 Å². The summed E-state index contributed by atoms with van der Waals surface area (Å²) in [6, 6.07) is 10.3. The molecule has 0 spiro atoms. The lowest BCUT2D eigenvalue weighted by atomic mass is 9.95. The third-order valence-corrected chi connectivity index (χ3v) is 3.81. The fraction of sp³-hybridized carbons (Fsp3) is 0.400. The molecule has 0 radical (unpaired) electrons. The number of aromatic nitrogens is 1. The number of nitrogens with zero attached hydrogens (tertiary/aromatic N) is 1. The molecule has 2 aromatic rings. The molecule has 1 fully saturated rings. The molecule has 0 N–H and O–H groups in total. The SMILES string of the molecule is O=c1c2ccccc2ccn1C1CCCCC1. The van der Waals surface area contributed by atoms with Crippen molar-refractivity contribution in [2.75, 3.05) is 0 Å². The molecular formula is C15H17NO. The molecule has 1 saturated carbocycles. The quantitative estimate of drug-likeness (QED) is 0.730. The molecule has 88 valence electrons. The Bertz CT molecular complexity index is 579. The molecular weight excluding hydrogens is 210 g/mol. The average Bonchev–Trinajstić information content (AvgIpc) is 2.40. The van der Waals surface area contributed by atoms with Gasteiger partial charge in [-0.2, -0.15) is 0 Å². The van der Waals surface area contributed by atoms with Crippen LogP contribution < -0.4 is 5.56 Å². The van der Waals surface area contributed by atoms with Gasteiger partial charge in [-0.15, -0.1) is 0 Å². The topological polar surface area (TPSA) is 22.0 Å². The molecule has 1 aliphatic rings. The van der Waals surface area contributed by atoms with Gasteiger partial charge in [0.05, 0.1) is 0 Å². The molecule has 2 nitrogen and oxygen atoms in total. The number of pyridine rings is 1. The van der Waals surface area contributed by atoms with Crippen LogP contribution in [0.5, 0.6) is 0 Å². The normalized spacial score (nSPS) is 17.4. The first-order chi connectivity index (χ1) is 8.36. The second-order valence-corrected chi connectivity index (χ2v) is 4.91. The lowest BCUT2D eigenvalue weighted by molar-refractivity contribution is 0.347. The van der Waals surface area contributed by atoms with Gasteiger partial charge in [0.15, 0.2) is 0 Å². The van der Waals surface area contributed by atoms with Crippen molar-refractivity contribution in [2.45, 2.75) is 38.1 Å². The van der Waals surface area contributed by atoms with Crippen LogP contribution in [0.15, 0.2) is 41.3 Å². The maximum absolute atomic E-state index is 12.4. The predicted octanol–water partition coefficient (Wildman–Crippen LogP) is 3.51. The van der Waals surface area contributed by atoms with E-state index in [1.54, 1.807) is 0 Å². The summed E-state index contributed by atoms with van der Waals surface area (Å²) in [6.07, 6.45) is 8.10. The Labute approximate surface area is 101 Å². The van der Waals surface area contributed by atoms with Crippen LogP contribution in [-0.4, -0.2) is 4.57 Å². The van der Waals surface area contributed by atoms with Crippen molar-refractivity contribution in [1.29, 1.82) is 0 Å². The van der Waals surface area contributed by atoms with E-state index in [0.717, 1.165) is 23.6 Å². The summed E-state index contributed by atoms with van der Waals surface area (Å²) in [7, 11) is 0. The van der Waals surface area contributed by atoms with Gasteiger partial charge in [0.25, 0.3) is 5.56 Å². The lowest BCUT2D eigenvalue weighted by Crippen LogP contribution is -2.25. The van der Waals surface area contributed by atoms with Crippen molar-refractivity contribution >= 4 is 10.8 Å². The standard InChI is InChI=1S/C15H17NO/c17-15-14-9-5-4-6-12(14)10-11-16(15)13-7-2-1-3-8-13/h4-6,9-11,13H,1-3,7-8H2. The zero-order valence-corrected chi connectivity index (χ0v) is 9.93. The second kappa shape index (κ2) is 4.36. The van der Waals surface area contributed by atoms with Crippen LogP contribution in [0.25, 0.3) is 10.8 Å². The summed E-state index contributed by atoms with van der Waals surface area (Å²) in [6.45, 7) is 0. The maximum atomic E-state index is 12.4. The minimum absolute atomic E-state index is 0.176. The third-order valence-electron chi connectivity index (χ3n) is 3.81. The first-order valence-corrected chi connectivity index (χ1v) is 6.46. The van der Waals surface area contributed by atoms with E-state index in [0.29, 0.717) is 6.04 Å². The van der Waals surface area contributed by atoms with Crippen LogP contribution in [0.1, 0.15) is 38.1 Å². The first-order valence-electron chi connectivity index (χ1n) is 6.46. The summed E-state index contributed by atoms with van der Waals surface area (Å²) in [5, 5.41) is 1.89. The van der Waals surface area contributed by atoms with Gasteiger partial charge in [-0.05, 0) is 30.4 Å². The Morgan fingerprint density at radius 2 is 1.76 bits per heavy atom.